The van der Waals surface area contributed by atoms with Crippen molar-refractivity contribution in [1.29, 1.82) is 0 Å². The van der Waals surface area contributed by atoms with E-state index in [4.69, 9.17) is 4.74 Å². The molecule has 0 radical (unpaired) electrons. The molecule has 24 heavy (non-hydrogen) atoms. The highest BCUT2D eigenvalue weighted by Gasteiger charge is 2.17. The molecule has 2 aromatic rings. The van der Waals surface area contributed by atoms with E-state index in [0.717, 1.165) is 6.07 Å². The molecule has 2 rings (SSSR count). The highest BCUT2D eigenvalue weighted by molar-refractivity contribution is 5.93. The Kier molecular flexibility index (Phi) is 5.51. The molecule has 1 amide bonds. The Morgan fingerprint density at radius 3 is 2.75 bits per heavy atom. The summed E-state index contributed by atoms with van der Waals surface area (Å²) in [5.74, 6) is -1.26. The van der Waals surface area contributed by atoms with Gasteiger partial charge in [-0.05, 0) is 25.1 Å². The molecule has 0 aliphatic carbocycles. The maximum atomic E-state index is 13.5. The van der Waals surface area contributed by atoms with Crippen molar-refractivity contribution in [3.63, 3.8) is 0 Å². The van der Waals surface area contributed by atoms with E-state index in [1.54, 1.807) is 6.92 Å². The smallest absolute Gasteiger partial charge is 0.406 e. The molecule has 0 saturated heterocycles. The Labute approximate surface area is 137 Å². The van der Waals surface area contributed by atoms with Crippen LogP contribution in [0.4, 0.5) is 9.18 Å². The molecule has 0 spiro atoms. The largest absolute Gasteiger partial charge is 0.462 e. The first-order valence-corrected chi connectivity index (χ1v) is 7.29. The van der Waals surface area contributed by atoms with Gasteiger partial charge in [-0.15, -0.1) is 0 Å². The molecular weight excluding hydrogens is 319 g/mol. The number of pyridine rings is 1. The van der Waals surface area contributed by atoms with Gasteiger partial charge in [0.25, 0.3) is 0 Å². The molecule has 1 aromatic heterocycles. The summed E-state index contributed by atoms with van der Waals surface area (Å²) in [6.45, 7) is 2.14. The number of methoxy groups -OCH3 is 1. The lowest BCUT2D eigenvalue weighted by molar-refractivity contribution is 0.0524. The number of hydrogen-bond acceptors (Lipinski definition) is 5. The van der Waals surface area contributed by atoms with Crippen LogP contribution in [-0.4, -0.2) is 36.9 Å². The Balaban J connectivity index is 2.48. The van der Waals surface area contributed by atoms with Gasteiger partial charge in [-0.1, -0.05) is 0 Å². The van der Waals surface area contributed by atoms with Crippen LogP contribution in [0.25, 0.3) is 10.9 Å². The number of esters is 1. The quantitative estimate of drug-likeness (QED) is 0.840. The minimum Gasteiger partial charge on any atom is -0.462 e. The second-order valence-corrected chi connectivity index (χ2v) is 4.87. The highest BCUT2D eigenvalue weighted by atomic mass is 19.1. The minimum absolute atomic E-state index is 0.129. The fourth-order valence-corrected chi connectivity index (χ4v) is 2.25. The first kappa shape index (κ1) is 17.5. The van der Waals surface area contributed by atoms with Crippen LogP contribution in [0.15, 0.2) is 29.2 Å². The molecule has 0 saturated carbocycles. The Morgan fingerprint density at radius 1 is 1.33 bits per heavy atom. The monoisotopic (exact) mass is 336 g/mol. The zero-order valence-electron chi connectivity index (χ0n) is 13.3. The molecule has 0 unspecified atom stereocenters. The predicted molar refractivity (Wildman–Crippen MR) is 84.5 cm³/mol. The molecule has 0 atom stereocenters. The first-order chi connectivity index (χ1) is 11.5. The zero-order chi connectivity index (χ0) is 17.7. The van der Waals surface area contributed by atoms with E-state index < -0.39 is 23.3 Å². The predicted octanol–water partition coefficient (Wildman–Crippen LogP) is 1.67. The van der Waals surface area contributed by atoms with Gasteiger partial charge in [0.05, 0.1) is 19.2 Å². The fraction of sp³-hybridized carbons (Fsp3) is 0.312. The van der Waals surface area contributed by atoms with Crippen LogP contribution in [0.5, 0.6) is 0 Å². The van der Waals surface area contributed by atoms with Gasteiger partial charge in [0.2, 0.25) is 5.43 Å². The van der Waals surface area contributed by atoms with Crippen LogP contribution in [0.1, 0.15) is 17.3 Å². The van der Waals surface area contributed by atoms with Gasteiger partial charge in [-0.25, -0.2) is 14.0 Å². The lowest BCUT2D eigenvalue weighted by Gasteiger charge is -2.13. The van der Waals surface area contributed by atoms with Crippen LogP contribution < -0.4 is 10.7 Å². The summed E-state index contributed by atoms with van der Waals surface area (Å²) >= 11 is 0. The normalized spacial score (nSPS) is 10.5. The van der Waals surface area contributed by atoms with Crippen LogP contribution in [0, 0.1) is 5.82 Å². The van der Waals surface area contributed by atoms with Crippen molar-refractivity contribution < 1.29 is 23.5 Å². The molecule has 1 heterocycles. The maximum absolute atomic E-state index is 13.5. The van der Waals surface area contributed by atoms with Crippen molar-refractivity contribution in [3.05, 3.63) is 46.0 Å². The summed E-state index contributed by atoms with van der Waals surface area (Å²) in [7, 11) is 1.23. The molecule has 1 N–H and O–H groups in total. The van der Waals surface area contributed by atoms with Crippen molar-refractivity contribution in [3.8, 4) is 0 Å². The van der Waals surface area contributed by atoms with E-state index in [1.807, 2.05) is 0 Å². The lowest BCUT2D eigenvalue weighted by atomic mass is 10.1. The van der Waals surface area contributed by atoms with Crippen molar-refractivity contribution in [1.82, 2.24) is 9.88 Å². The molecule has 8 heteroatoms. The van der Waals surface area contributed by atoms with Gasteiger partial charge in [0.1, 0.15) is 11.4 Å². The van der Waals surface area contributed by atoms with Crippen molar-refractivity contribution in [2.45, 2.75) is 13.5 Å². The molecule has 128 valence electrons. The molecule has 0 aliphatic rings. The van der Waals surface area contributed by atoms with E-state index in [1.165, 1.54) is 30.0 Å². The number of amides is 1. The molecular formula is C16H17FN2O5. The average Bonchev–Trinajstić information content (AvgIpc) is 2.56. The summed E-state index contributed by atoms with van der Waals surface area (Å²) < 4.78 is 24.4. The van der Waals surface area contributed by atoms with Crippen LogP contribution in [0.2, 0.25) is 0 Å². The Hall–Kier alpha value is -2.90. The molecule has 0 bridgehead atoms. The summed E-state index contributed by atoms with van der Waals surface area (Å²) in [5.41, 5.74) is -0.352. The average molecular weight is 336 g/mol. The summed E-state index contributed by atoms with van der Waals surface area (Å²) in [6, 6.07) is 3.67. The highest BCUT2D eigenvalue weighted by Crippen LogP contribution is 2.14. The second-order valence-electron chi connectivity index (χ2n) is 4.87. The number of halogens is 1. The summed E-state index contributed by atoms with van der Waals surface area (Å²) in [6.07, 6.45) is 0.693. The van der Waals surface area contributed by atoms with Gasteiger partial charge in [0, 0.05) is 24.7 Å². The first-order valence-electron chi connectivity index (χ1n) is 7.29. The number of fused-ring (bicyclic) bond motifs is 1. The Morgan fingerprint density at radius 2 is 2.08 bits per heavy atom. The molecule has 7 nitrogen and oxygen atoms in total. The summed E-state index contributed by atoms with van der Waals surface area (Å²) in [4.78, 5) is 35.5. The van der Waals surface area contributed by atoms with E-state index in [2.05, 4.69) is 10.1 Å². The van der Waals surface area contributed by atoms with E-state index >= 15 is 0 Å². The number of nitrogens with one attached hydrogen (secondary N) is 1. The number of benzene rings is 1. The number of ether oxygens (including phenoxy) is 2. The topological polar surface area (TPSA) is 86.6 Å². The zero-order valence-corrected chi connectivity index (χ0v) is 13.3. The molecule has 0 aliphatic heterocycles. The number of nitrogens with zero attached hydrogens (tertiary/aromatic N) is 1. The number of hydrogen-bond donors (Lipinski definition) is 1. The standard InChI is InChI=1S/C16H17FN2O5/c1-3-24-15(21)12-9-19(7-6-18-16(22)23-2)13-8-10(17)4-5-11(13)14(12)20/h4-5,8-9H,3,6-7H2,1-2H3,(H,18,22). The number of carbonyl (C=O) groups is 2. The van der Waals surface area contributed by atoms with Crippen molar-refractivity contribution in [2.75, 3.05) is 20.3 Å². The molecule has 1 aromatic carbocycles. The van der Waals surface area contributed by atoms with Crippen LogP contribution in [-0.2, 0) is 16.0 Å². The van der Waals surface area contributed by atoms with Gasteiger partial charge in [-0.3, -0.25) is 4.79 Å². The van der Waals surface area contributed by atoms with Crippen molar-refractivity contribution >= 4 is 23.0 Å². The fourth-order valence-electron chi connectivity index (χ4n) is 2.25. The number of alkyl carbamates (subject to hydrolysis) is 1. The number of carbonyl (C=O) groups excluding carboxylic acids is 2. The molecule has 0 fully saturated rings. The second kappa shape index (κ2) is 7.58. The van der Waals surface area contributed by atoms with Gasteiger partial charge >= 0.3 is 12.1 Å². The van der Waals surface area contributed by atoms with Gasteiger partial charge in [0.15, 0.2) is 0 Å². The van der Waals surface area contributed by atoms with Crippen molar-refractivity contribution in [2.24, 2.45) is 0 Å². The Bertz CT molecular complexity index is 831. The lowest BCUT2D eigenvalue weighted by Crippen LogP contribution is -2.28. The van der Waals surface area contributed by atoms with Gasteiger partial charge < -0.3 is 19.4 Å². The maximum Gasteiger partial charge on any atom is 0.406 e. The minimum atomic E-state index is -0.747. The van der Waals surface area contributed by atoms with Gasteiger partial charge in [-0.2, -0.15) is 0 Å². The number of aromatic nitrogens is 1. The van der Waals surface area contributed by atoms with E-state index in [0.29, 0.717) is 5.52 Å². The SMILES string of the molecule is CCOC(=O)c1cn(CCNC(=O)OC)c2cc(F)ccc2c1=O. The third-order valence-corrected chi connectivity index (χ3v) is 3.35. The van der Waals surface area contributed by atoms with Crippen LogP contribution >= 0.6 is 0 Å². The third-order valence-electron chi connectivity index (χ3n) is 3.35. The van der Waals surface area contributed by atoms with Crippen LogP contribution in [0.3, 0.4) is 0 Å². The third kappa shape index (κ3) is 3.70. The van der Waals surface area contributed by atoms with E-state index in [9.17, 15) is 18.8 Å². The summed E-state index contributed by atoms with van der Waals surface area (Å²) in [5, 5.41) is 2.67. The van der Waals surface area contributed by atoms with E-state index in [-0.39, 0.29) is 30.6 Å². The number of rotatable bonds is 5.